The standard InChI is InChI=1S/C12H14N6O3/c19-9(7-18-5-4-14-17-18)16-12(2-1-3-12)11-13-6-8(15-11)10(20)21/h4-6H,1-3,7H2,(H,13,15)(H,16,19)(H,20,21). The molecule has 2 aromatic rings. The fourth-order valence-corrected chi connectivity index (χ4v) is 2.40. The molecular weight excluding hydrogens is 276 g/mol. The number of H-pyrrole nitrogens is 1. The minimum atomic E-state index is -1.07. The van der Waals surface area contributed by atoms with E-state index in [1.54, 1.807) is 6.20 Å². The fraction of sp³-hybridized carbons (Fsp3) is 0.417. The average Bonchev–Trinajstić information content (AvgIpc) is 3.04. The zero-order valence-corrected chi connectivity index (χ0v) is 11.1. The average molecular weight is 290 g/mol. The molecule has 3 N–H and O–H groups in total. The molecule has 0 bridgehead atoms. The van der Waals surface area contributed by atoms with Crippen LogP contribution in [0.5, 0.6) is 0 Å². The summed E-state index contributed by atoms with van der Waals surface area (Å²) in [7, 11) is 0. The van der Waals surface area contributed by atoms with Crippen LogP contribution in [0.3, 0.4) is 0 Å². The summed E-state index contributed by atoms with van der Waals surface area (Å²) in [6.45, 7) is 0.0637. The van der Waals surface area contributed by atoms with Gasteiger partial charge in [-0.1, -0.05) is 5.21 Å². The lowest BCUT2D eigenvalue weighted by Gasteiger charge is -2.40. The summed E-state index contributed by atoms with van der Waals surface area (Å²) in [5.74, 6) is -0.802. The van der Waals surface area contributed by atoms with Crippen molar-refractivity contribution in [3.05, 3.63) is 30.1 Å². The highest BCUT2D eigenvalue weighted by atomic mass is 16.4. The van der Waals surface area contributed by atoms with Crippen LogP contribution in [0.1, 0.15) is 35.6 Å². The van der Waals surface area contributed by atoms with Crippen LogP contribution in [0.25, 0.3) is 0 Å². The van der Waals surface area contributed by atoms with E-state index in [-0.39, 0.29) is 18.1 Å². The first-order chi connectivity index (χ1) is 10.1. The molecule has 1 amide bonds. The van der Waals surface area contributed by atoms with Crippen molar-refractivity contribution in [2.75, 3.05) is 0 Å². The van der Waals surface area contributed by atoms with Crippen LogP contribution in [0.15, 0.2) is 18.6 Å². The maximum atomic E-state index is 12.1. The third kappa shape index (κ3) is 2.49. The Balaban J connectivity index is 1.73. The number of carbonyl (C=O) groups is 2. The van der Waals surface area contributed by atoms with Crippen molar-refractivity contribution in [3.8, 4) is 0 Å². The van der Waals surface area contributed by atoms with Crippen LogP contribution in [-0.2, 0) is 16.9 Å². The number of carboxylic acid groups (broad SMARTS) is 1. The van der Waals surface area contributed by atoms with Gasteiger partial charge in [-0.15, -0.1) is 5.10 Å². The topological polar surface area (TPSA) is 126 Å². The minimum absolute atomic E-state index is 0.0156. The van der Waals surface area contributed by atoms with Crippen LogP contribution in [0, 0.1) is 0 Å². The van der Waals surface area contributed by atoms with Gasteiger partial charge in [-0.05, 0) is 19.3 Å². The Morgan fingerprint density at radius 2 is 2.29 bits per heavy atom. The monoisotopic (exact) mass is 290 g/mol. The summed E-state index contributed by atoms with van der Waals surface area (Å²) < 4.78 is 1.42. The van der Waals surface area contributed by atoms with Crippen molar-refractivity contribution in [1.29, 1.82) is 0 Å². The predicted molar refractivity (Wildman–Crippen MR) is 69.2 cm³/mol. The van der Waals surface area contributed by atoms with E-state index in [4.69, 9.17) is 5.11 Å². The highest BCUT2D eigenvalue weighted by molar-refractivity contribution is 5.85. The number of imidazole rings is 1. The number of carboxylic acids is 1. The molecule has 0 aromatic carbocycles. The van der Waals surface area contributed by atoms with Gasteiger partial charge in [0.1, 0.15) is 18.1 Å². The van der Waals surface area contributed by atoms with Crippen molar-refractivity contribution < 1.29 is 14.7 Å². The molecule has 0 radical (unpaired) electrons. The van der Waals surface area contributed by atoms with Gasteiger partial charge in [0.2, 0.25) is 5.91 Å². The Morgan fingerprint density at radius 1 is 1.48 bits per heavy atom. The van der Waals surface area contributed by atoms with Crippen molar-refractivity contribution >= 4 is 11.9 Å². The zero-order chi connectivity index (χ0) is 14.9. The van der Waals surface area contributed by atoms with E-state index in [0.717, 1.165) is 19.3 Å². The van der Waals surface area contributed by atoms with Crippen LogP contribution < -0.4 is 5.32 Å². The Morgan fingerprint density at radius 3 is 2.81 bits per heavy atom. The minimum Gasteiger partial charge on any atom is -0.477 e. The molecule has 9 nitrogen and oxygen atoms in total. The first-order valence-corrected chi connectivity index (χ1v) is 6.53. The van der Waals surface area contributed by atoms with Gasteiger partial charge in [0.05, 0.1) is 17.9 Å². The van der Waals surface area contributed by atoms with Gasteiger partial charge < -0.3 is 15.4 Å². The van der Waals surface area contributed by atoms with Crippen molar-refractivity contribution in [2.24, 2.45) is 0 Å². The summed E-state index contributed by atoms with van der Waals surface area (Å²) in [5.41, 5.74) is -0.590. The molecule has 2 aromatic heterocycles. The van der Waals surface area contributed by atoms with Gasteiger partial charge in [0, 0.05) is 6.20 Å². The van der Waals surface area contributed by atoms with Gasteiger partial charge in [-0.2, -0.15) is 0 Å². The van der Waals surface area contributed by atoms with E-state index in [2.05, 4.69) is 25.6 Å². The third-order valence-electron chi connectivity index (χ3n) is 3.62. The van der Waals surface area contributed by atoms with Gasteiger partial charge in [-0.3, -0.25) is 4.79 Å². The lowest BCUT2D eigenvalue weighted by Crippen LogP contribution is -2.52. The molecule has 0 spiro atoms. The number of nitrogens with one attached hydrogen (secondary N) is 2. The lowest BCUT2D eigenvalue weighted by molar-refractivity contribution is -0.125. The van der Waals surface area contributed by atoms with Gasteiger partial charge in [-0.25, -0.2) is 14.5 Å². The number of nitrogens with zero attached hydrogens (tertiary/aromatic N) is 4. The Hall–Kier alpha value is -2.71. The molecule has 0 atom stereocenters. The Bertz CT molecular complexity index is 658. The zero-order valence-electron chi connectivity index (χ0n) is 11.1. The normalized spacial score (nSPS) is 16.2. The molecule has 9 heteroatoms. The molecule has 21 heavy (non-hydrogen) atoms. The van der Waals surface area contributed by atoms with Gasteiger partial charge in [0.15, 0.2) is 0 Å². The van der Waals surface area contributed by atoms with E-state index in [1.165, 1.54) is 17.1 Å². The number of hydrogen-bond donors (Lipinski definition) is 3. The summed E-state index contributed by atoms with van der Waals surface area (Å²) in [6.07, 6.45) is 6.76. The van der Waals surface area contributed by atoms with Crippen LogP contribution in [0.2, 0.25) is 0 Å². The largest absolute Gasteiger partial charge is 0.477 e. The quantitative estimate of drug-likeness (QED) is 0.705. The van der Waals surface area contributed by atoms with Crippen LogP contribution in [-0.4, -0.2) is 41.9 Å². The maximum absolute atomic E-state index is 12.1. The second-order valence-corrected chi connectivity index (χ2v) is 5.04. The van der Waals surface area contributed by atoms with Crippen molar-refractivity contribution in [3.63, 3.8) is 0 Å². The highest BCUT2D eigenvalue weighted by Crippen LogP contribution is 2.39. The molecule has 1 saturated carbocycles. The molecule has 1 fully saturated rings. The smallest absolute Gasteiger partial charge is 0.353 e. The number of rotatable bonds is 5. The number of aromatic nitrogens is 5. The molecule has 110 valence electrons. The second kappa shape index (κ2) is 5.00. The predicted octanol–water partition coefficient (Wildman–Crippen LogP) is -0.105. The van der Waals surface area contributed by atoms with Crippen molar-refractivity contribution in [1.82, 2.24) is 30.3 Å². The van der Waals surface area contributed by atoms with E-state index in [9.17, 15) is 9.59 Å². The highest BCUT2D eigenvalue weighted by Gasteiger charge is 2.42. The van der Waals surface area contributed by atoms with E-state index in [1.807, 2.05) is 0 Å². The molecule has 0 aliphatic heterocycles. The lowest BCUT2D eigenvalue weighted by atomic mass is 9.76. The van der Waals surface area contributed by atoms with Gasteiger partial charge in [0.25, 0.3) is 0 Å². The number of aromatic amines is 1. The second-order valence-electron chi connectivity index (χ2n) is 5.04. The molecule has 0 unspecified atom stereocenters. The number of carbonyl (C=O) groups excluding carboxylic acids is 1. The molecule has 1 aliphatic rings. The van der Waals surface area contributed by atoms with Crippen LogP contribution in [0.4, 0.5) is 0 Å². The molecular formula is C12H14N6O3. The summed E-state index contributed by atoms with van der Waals surface area (Å²) >= 11 is 0. The molecule has 0 saturated heterocycles. The van der Waals surface area contributed by atoms with E-state index >= 15 is 0 Å². The molecule has 2 heterocycles. The summed E-state index contributed by atoms with van der Waals surface area (Å²) in [6, 6.07) is 0. The number of amides is 1. The van der Waals surface area contributed by atoms with Crippen LogP contribution >= 0.6 is 0 Å². The maximum Gasteiger partial charge on any atom is 0.353 e. The van der Waals surface area contributed by atoms with Gasteiger partial charge >= 0.3 is 5.97 Å². The molecule has 3 rings (SSSR count). The Kier molecular flexibility index (Phi) is 3.16. The summed E-state index contributed by atoms with van der Waals surface area (Å²) in [5, 5.41) is 19.2. The first-order valence-electron chi connectivity index (χ1n) is 6.53. The molecule has 1 aliphatic carbocycles. The number of hydrogen-bond acceptors (Lipinski definition) is 5. The Labute approximate surface area is 119 Å². The fourth-order valence-electron chi connectivity index (χ4n) is 2.40. The SMILES string of the molecule is O=C(Cn1ccnn1)NC1(c2ncc(C(=O)O)[nH]2)CCC1. The number of aromatic carboxylic acids is 1. The third-order valence-corrected chi connectivity index (χ3v) is 3.62. The summed E-state index contributed by atoms with van der Waals surface area (Å²) in [4.78, 5) is 29.8. The van der Waals surface area contributed by atoms with E-state index < -0.39 is 11.5 Å². The van der Waals surface area contributed by atoms with E-state index in [0.29, 0.717) is 5.82 Å². The first kappa shape index (κ1) is 13.3. The van der Waals surface area contributed by atoms with Crippen molar-refractivity contribution in [2.45, 2.75) is 31.3 Å².